The van der Waals surface area contributed by atoms with Crippen molar-refractivity contribution in [3.8, 4) is 0 Å². The highest BCUT2D eigenvalue weighted by Crippen LogP contribution is 1.99. The lowest BCUT2D eigenvalue weighted by Crippen LogP contribution is -2.46. The monoisotopic (exact) mass is 240 g/mol. The van der Waals surface area contributed by atoms with Crippen LogP contribution in [0.5, 0.6) is 0 Å². The van der Waals surface area contributed by atoms with Crippen molar-refractivity contribution in [3.05, 3.63) is 24.2 Å². The summed E-state index contributed by atoms with van der Waals surface area (Å²) in [5.74, 6) is 0.694. The Morgan fingerprint density at radius 3 is 2.88 bits per heavy atom. The summed E-state index contributed by atoms with van der Waals surface area (Å²) in [7, 11) is 1.64. The number of hydrogen-bond acceptors (Lipinski definition) is 4. The predicted octanol–water partition coefficient (Wildman–Crippen LogP) is 0.909. The fourth-order valence-corrected chi connectivity index (χ4v) is 1.54. The molecule has 0 saturated carbocycles. The predicted molar refractivity (Wildman–Crippen MR) is 64.5 cm³/mol. The van der Waals surface area contributed by atoms with E-state index in [0.29, 0.717) is 13.2 Å². The Balaban J connectivity index is 2.27. The van der Waals surface area contributed by atoms with Crippen LogP contribution in [0.25, 0.3) is 0 Å². The summed E-state index contributed by atoms with van der Waals surface area (Å²) >= 11 is 0. The van der Waals surface area contributed by atoms with Crippen LogP contribution in [0.3, 0.4) is 0 Å². The molecule has 17 heavy (non-hydrogen) atoms. The summed E-state index contributed by atoms with van der Waals surface area (Å²) in [6, 6.07) is 3.51. The zero-order valence-electron chi connectivity index (χ0n) is 10.5. The number of ether oxygens (including phenoxy) is 1. The standard InChI is InChI=1S/C12H20N2O3/c1-9(8-16-3)14-10(2)12(15)13-7-11-5-4-6-17-11/h4-6,9-10,14H,7-8H2,1-3H3,(H,13,15). The van der Waals surface area contributed by atoms with Gasteiger partial charge in [0.05, 0.1) is 25.5 Å². The Bertz CT molecular complexity index is 325. The first-order valence-electron chi connectivity index (χ1n) is 5.68. The van der Waals surface area contributed by atoms with Crippen molar-refractivity contribution in [2.24, 2.45) is 0 Å². The third-order valence-corrected chi connectivity index (χ3v) is 2.36. The van der Waals surface area contributed by atoms with Crippen molar-refractivity contribution in [1.82, 2.24) is 10.6 Å². The number of nitrogens with one attached hydrogen (secondary N) is 2. The summed E-state index contributed by atoms with van der Waals surface area (Å²) in [6.07, 6.45) is 1.59. The summed E-state index contributed by atoms with van der Waals surface area (Å²) in [5, 5.41) is 5.94. The zero-order valence-corrected chi connectivity index (χ0v) is 10.5. The molecule has 1 heterocycles. The van der Waals surface area contributed by atoms with Crippen LogP contribution >= 0.6 is 0 Å². The Labute approximate surface area is 102 Å². The highest BCUT2D eigenvalue weighted by molar-refractivity contribution is 5.81. The van der Waals surface area contributed by atoms with Gasteiger partial charge in [0.15, 0.2) is 0 Å². The Hall–Kier alpha value is -1.33. The first kappa shape index (κ1) is 13.7. The van der Waals surface area contributed by atoms with E-state index in [0.717, 1.165) is 5.76 Å². The maximum atomic E-state index is 11.7. The fourth-order valence-electron chi connectivity index (χ4n) is 1.54. The molecule has 0 saturated heterocycles. The maximum Gasteiger partial charge on any atom is 0.237 e. The Morgan fingerprint density at radius 2 is 2.29 bits per heavy atom. The summed E-state index contributed by atoms with van der Waals surface area (Å²) in [4.78, 5) is 11.7. The number of methoxy groups -OCH3 is 1. The van der Waals surface area contributed by atoms with Crippen LogP contribution in [0.2, 0.25) is 0 Å². The molecule has 0 radical (unpaired) electrons. The molecule has 0 aromatic carbocycles. The summed E-state index contributed by atoms with van der Waals surface area (Å²) < 4.78 is 10.1. The average molecular weight is 240 g/mol. The van der Waals surface area contributed by atoms with Gasteiger partial charge in [0.25, 0.3) is 0 Å². The second-order valence-electron chi connectivity index (χ2n) is 4.04. The maximum absolute atomic E-state index is 11.7. The van der Waals surface area contributed by atoms with E-state index in [1.54, 1.807) is 19.4 Å². The second-order valence-corrected chi connectivity index (χ2v) is 4.04. The molecule has 0 aliphatic heterocycles. The summed E-state index contributed by atoms with van der Waals surface area (Å²) in [5.41, 5.74) is 0. The van der Waals surface area contributed by atoms with E-state index in [4.69, 9.17) is 9.15 Å². The highest BCUT2D eigenvalue weighted by Gasteiger charge is 2.14. The lowest BCUT2D eigenvalue weighted by molar-refractivity contribution is -0.123. The minimum Gasteiger partial charge on any atom is -0.467 e. The van der Waals surface area contributed by atoms with E-state index in [2.05, 4.69) is 10.6 Å². The quantitative estimate of drug-likeness (QED) is 0.743. The van der Waals surface area contributed by atoms with E-state index in [9.17, 15) is 4.79 Å². The van der Waals surface area contributed by atoms with Crippen molar-refractivity contribution >= 4 is 5.91 Å². The van der Waals surface area contributed by atoms with Crippen molar-refractivity contribution in [3.63, 3.8) is 0 Å². The van der Waals surface area contributed by atoms with Gasteiger partial charge >= 0.3 is 0 Å². The average Bonchev–Trinajstić information content (AvgIpc) is 2.78. The molecule has 1 rings (SSSR count). The number of hydrogen-bond donors (Lipinski definition) is 2. The van der Waals surface area contributed by atoms with Gasteiger partial charge in [-0.25, -0.2) is 0 Å². The van der Waals surface area contributed by atoms with Crippen molar-refractivity contribution in [2.75, 3.05) is 13.7 Å². The zero-order chi connectivity index (χ0) is 12.7. The van der Waals surface area contributed by atoms with Gasteiger partial charge < -0.3 is 19.8 Å². The molecular weight excluding hydrogens is 220 g/mol. The van der Waals surface area contributed by atoms with Crippen LogP contribution in [-0.4, -0.2) is 31.7 Å². The molecule has 1 aromatic heterocycles. The lowest BCUT2D eigenvalue weighted by Gasteiger charge is -2.18. The Kier molecular flexibility index (Phi) is 5.72. The molecule has 5 nitrogen and oxygen atoms in total. The van der Waals surface area contributed by atoms with Crippen LogP contribution in [0.15, 0.2) is 22.8 Å². The topological polar surface area (TPSA) is 63.5 Å². The van der Waals surface area contributed by atoms with Crippen molar-refractivity contribution < 1.29 is 13.9 Å². The van der Waals surface area contributed by atoms with E-state index < -0.39 is 0 Å². The van der Waals surface area contributed by atoms with Crippen LogP contribution in [-0.2, 0) is 16.1 Å². The smallest absolute Gasteiger partial charge is 0.237 e. The van der Waals surface area contributed by atoms with Crippen molar-refractivity contribution in [2.45, 2.75) is 32.5 Å². The third kappa shape index (κ3) is 5.01. The van der Waals surface area contributed by atoms with Crippen LogP contribution in [0.4, 0.5) is 0 Å². The Morgan fingerprint density at radius 1 is 1.53 bits per heavy atom. The van der Waals surface area contributed by atoms with Gasteiger partial charge in [-0.3, -0.25) is 4.79 Å². The second kappa shape index (κ2) is 7.09. The van der Waals surface area contributed by atoms with Gasteiger partial charge in [-0.2, -0.15) is 0 Å². The SMILES string of the molecule is COCC(C)NC(C)C(=O)NCc1ccco1. The molecule has 96 valence electrons. The normalized spacial score (nSPS) is 14.3. The molecule has 0 aliphatic carbocycles. The molecule has 2 atom stereocenters. The van der Waals surface area contributed by atoms with E-state index >= 15 is 0 Å². The molecule has 5 heteroatoms. The molecule has 1 amide bonds. The molecule has 0 bridgehead atoms. The van der Waals surface area contributed by atoms with Gasteiger partial charge in [-0.15, -0.1) is 0 Å². The number of rotatable bonds is 7. The molecule has 2 N–H and O–H groups in total. The number of amides is 1. The van der Waals surface area contributed by atoms with Gasteiger partial charge in [0.1, 0.15) is 5.76 Å². The van der Waals surface area contributed by atoms with Gasteiger partial charge in [-0.1, -0.05) is 0 Å². The largest absolute Gasteiger partial charge is 0.467 e. The number of furan rings is 1. The van der Waals surface area contributed by atoms with E-state index in [1.165, 1.54) is 0 Å². The molecule has 1 aromatic rings. The first-order valence-corrected chi connectivity index (χ1v) is 5.68. The number of carbonyl (C=O) groups is 1. The molecule has 0 aliphatic rings. The molecule has 0 fully saturated rings. The van der Waals surface area contributed by atoms with Crippen molar-refractivity contribution in [1.29, 1.82) is 0 Å². The third-order valence-electron chi connectivity index (χ3n) is 2.36. The van der Waals surface area contributed by atoms with Gasteiger partial charge in [0, 0.05) is 13.2 Å². The fraction of sp³-hybridized carbons (Fsp3) is 0.583. The van der Waals surface area contributed by atoms with Gasteiger partial charge in [0.2, 0.25) is 5.91 Å². The molecule has 2 unspecified atom stereocenters. The van der Waals surface area contributed by atoms with Crippen LogP contribution in [0, 0.1) is 0 Å². The van der Waals surface area contributed by atoms with Gasteiger partial charge in [-0.05, 0) is 26.0 Å². The lowest BCUT2D eigenvalue weighted by atomic mass is 10.2. The van der Waals surface area contributed by atoms with E-state index in [1.807, 2.05) is 19.9 Å². The minimum atomic E-state index is -0.255. The first-order chi connectivity index (χ1) is 8.13. The summed E-state index contributed by atoms with van der Waals surface area (Å²) in [6.45, 7) is 4.79. The highest BCUT2D eigenvalue weighted by atomic mass is 16.5. The van der Waals surface area contributed by atoms with Crippen LogP contribution in [0.1, 0.15) is 19.6 Å². The number of carbonyl (C=O) groups excluding carboxylic acids is 1. The minimum absolute atomic E-state index is 0.0515. The van der Waals surface area contributed by atoms with E-state index in [-0.39, 0.29) is 18.0 Å². The molecule has 0 spiro atoms. The molecular formula is C12H20N2O3. The van der Waals surface area contributed by atoms with Crippen LogP contribution < -0.4 is 10.6 Å².